The first kappa shape index (κ1) is 14.8. The van der Waals surface area contributed by atoms with Crippen molar-refractivity contribution in [1.82, 2.24) is 9.88 Å². The number of anilines is 1. The molecule has 1 fully saturated rings. The number of rotatable bonds is 5. The maximum absolute atomic E-state index is 9.43. The Balaban J connectivity index is 2.10. The van der Waals surface area contributed by atoms with Gasteiger partial charge in [0, 0.05) is 25.7 Å². The number of nitrogens with zero attached hydrogens (tertiary/aromatic N) is 3. The van der Waals surface area contributed by atoms with Crippen molar-refractivity contribution in [2.45, 2.75) is 46.3 Å². The number of aliphatic hydroxyl groups is 1. The van der Waals surface area contributed by atoms with Crippen molar-refractivity contribution in [1.29, 1.82) is 0 Å². The third-order valence-electron chi connectivity index (χ3n) is 3.84. The predicted molar refractivity (Wildman–Crippen MR) is 81.0 cm³/mol. The second-order valence-corrected chi connectivity index (χ2v) is 6.26. The molecule has 0 bridgehead atoms. The number of aryl methyl sites for hydroxylation is 1. The molecular formula is C14H25N3OS. The van der Waals surface area contributed by atoms with E-state index < -0.39 is 0 Å². The summed E-state index contributed by atoms with van der Waals surface area (Å²) < 4.78 is 0. The Morgan fingerprint density at radius 1 is 1.37 bits per heavy atom. The average molecular weight is 283 g/mol. The molecule has 0 aromatic carbocycles. The Morgan fingerprint density at radius 3 is 2.74 bits per heavy atom. The predicted octanol–water partition coefficient (Wildman–Crippen LogP) is 2.12. The van der Waals surface area contributed by atoms with E-state index in [2.05, 4.69) is 30.6 Å². The molecule has 19 heavy (non-hydrogen) atoms. The van der Waals surface area contributed by atoms with Crippen molar-refractivity contribution < 1.29 is 5.11 Å². The Kier molecular flexibility index (Phi) is 5.19. The van der Waals surface area contributed by atoms with Crippen LogP contribution in [0.5, 0.6) is 0 Å². The fourth-order valence-corrected chi connectivity index (χ4v) is 3.70. The Morgan fingerprint density at radius 2 is 2.16 bits per heavy atom. The van der Waals surface area contributed by atoms with Crippen LogP contribution in [0.4, 0.5) is 5.13 Å². The minimum absolute atomic E-state index is 0.122. The highest BCUT2D eigenvalue weighted by molar-refractivity contribution is 7.15. The largest absolute Gasteiger partial charge is 0.391 e. The van der Waals surface area contributed by atoms with Crippen molar-refractivity contribution in [2.75, 3.05) is 31.1 Å². The first-order chi connectivity index (χ1) is 9.19. The van der Waals surface area contributed by atoms with Gasteiger partial charge < -0.3 is 10.0 Å². The molecule has 1 N–H and O–H groups in total. The molecule has 1 atom stereocenters. The van der Waals surface area contributed by atoms with Gasteiger partial charge in [0.1, 0.15) is 0 Å². The zero-order chi connectivity index (χ0) is 13.8. The molecule has 1 unspecified atom stereocenters. The van der Waals surface area contributed by atoms with Crippen LogP contribution < -0.4 is 4.90 Å². The molecule has 0 spiro atoms. The molecular weight excluding hydrogens is 258 g/mol. The highest BCUT2D eigenvalue weighted by Crippen LogP contribution is 2.29. The zero-order valence-electron chi connectivity index (χ0n) is 12.2. The van der Waals surface area contributed by atoms with Crippen LogP contribution in [0.3, 0.4) is 0 Å². The summed E-state index contributed by atoms with van der Waals surface area (Å²) >= 11 is 1.66. The monoisotopic (exact) mass is 283 g/mol. The van der Waals surface area contributed by atoms with E-state index in [1.165, 1.54) is 0 Å². The van der Waals surface area contributed by atoms with Crippen LogP contribution in [0.15, 0.2) is 0 Å². The van der Waals surface area contributed by atoms with E-state index in [9.17, 15) is 5.11 Å². The fraction of sp³-hybridized carbons (Fsp3) is 0.786. The van der Waals surface area contributed by atoms with Gasteiger partial charge in [-0.05, 0) is 19.9 Å². The first-order valence-corrected chi connectivity index (χ1v) is 8.09. The van der Waals surface area contributed by atoms with Crippen molar-refractivity contribution in [2.24, 2.45) is 0 Å². The highest BCUT2D eigenvalue weighted by Gasteiger charge is 2.25. The summed E-state index contributed by atoms with van der Waals surface area (Å²) in [7, 11) is 0. The SMILES string of the molecule is CCCc1nc(N2CCN(CC)C(C)C2)sc1CO. The molecule has 108 valence electrons. The van der Waals surface area contributed by atoms with Gasteiger partial charge in [0.15, 0.2) is 5.13 Å². The maximum Gasteiger partial charge on any atom is 0.185 e. The summed E-state index contributed by atoms with van der Waals surface area (Å²) in [6.45, 7) is 11.1. The Labute approximate surface area is 120 Å². The van der Waals surface area contributed by atoms with Gasteiger partial charge >= 0.3 is 0 Å². The van der Waals surface area contributed by atoms with Crippen LogP contribution in [0.25, 0.3) is 0 Å². The van der Waals surface area contributed by atoms with Gasteiger partial charge in [0.2, 0.25) is 0 Å². The average Bonchev–Trinajstić information content (AvgIpc) is 2.82. The molecule has 0 saturated carbocycles. The number of hydrogen-bond acceptors (Lipinski definition) is 5. The van der Waals surface area contributed by atoms with Crippen LogP contribution >= 0.6 is 11.3 Å². The molecule has 1 saturated heterocycles. The summed E-state index contributed by atoms with van der Waals surface area (Å²) in [5.74, 6) is 0. The Hall–Kier alpha value is -0.650. The smallest absolute Gasteiger partial charge is 0.185 e. The number of aliphatic hydroxyl groups excluding tert-OH is 1. The number of likely N-dealkylation sites (N-methyl/N-ethyl adjacent to an activating group) is 1. The van der Waals surface area contributed by atoms with Gasteiger partial charge in [-0.25, -0.2) is 4.98 Å². The molecule has 2 rings (SSSR count). The minimum atomic E-state index is 0.122. The summed E-state index contributed by atoms with van der Waals surface area (Å²) in [6.07, 6.45) is 2.05. The van der Waals surface area contributed by atoms with Crippen molar-refractivity contribution in [3.63, 3.8) is 0 Å². The second-order valence-electron chi connectivity index (χ2n) is 5.20. The fourth-order valence-electron chi connectivity index (χ4n) is 2.70. The number of hydrogen-bond donors (Lipinski definition) is 1. The van der Waals surface area contributed by atoms with Gasteiger partial charge in [-0.1, -0.05) is 31.6 Å². The third kappa shape index (κ3) is 3.27. The molecule has 0 aliphatic carbocycles. The lowest BCUT2D eigenvalue weighted by Crippen LogP contribution is -2.51. The van der Waals surface area contributed by atoms with Gasteiger partial charge in [-0.2, -0.15) is 0 Å². The molecule has 5 heteroatoms. The number of aromatic nitrogens is 1. The number of thiazole rings is 1. The lowest BCUT2D eigenvalue weighted by atomic mass is 10.2. The summed E-state index contributed by atoms with van der Waals surface area (Å²) in [5, 5.41) is 10.5. The zero-order valence-corrected chi connectivity index (χ0v) is 13.0. The molecule has 0 radical (unpaired) electrons. The molecule has 1 aromatic heterocycles. The molecule has 1 aliphatic rings. The maximum atomic E-state index is 9.43. The normalized spacial score (nSPS) is 21.1. The van der Waals surface area contributed by atoms with Gasteiger partial charge in [0.05, 0.1) is 17.2 Å². The second kappa shape index (κ2) is 6.68. The van der Waals surface area contributed by atoms with Crippen LogP contribution in [0.1, 0.15) is 37.8 Å². The van der Waals surface area contributed by atoms with E-state index in [-0.39, 0.29) is 6.61 Å². The van der Waals surface area contributed by atoms with Crippen molar-refractivity contribution in [3.8, 4) is 0 Å². The minimum Gasteiger partial charge on any atom is -0.391 e. The Bertz CT molecular complexity index is 407. The molecule has 0 amide bonds. The quantitative estimate of drug-likeness (QED) is 0.898. The molecule has 1 aliphatic heterocycles. The van der Waals surface area contributed by atoms with E-state index in [1.54, 1.807) is 11.3 Å². The molecule has 4 nitrogen and oxygen atoms in total. The third-order valence-corrected chi connectivity index (χ3v) is 4.98. The summed E-state index contributed by atoms with van der Waals surface area (Å²) in [4.78, 5) is 10.7. The van der Waals surface area contributed by atoms with Crippen LogP contribution in [0.2, 0.25) is 0 Å². The molecule has 1 aromatic rings. The standard InChI is InChI=1S/C14H25N3OS/c1-4-6-12-13(10-18)19-14(15-12)17-8-7-16(5-2)11(3)9-17/h11,18H,4-10H2,1-3H3. The topological polar surface area (TPSA) is 39.6 Å². The van der Waals surface area contributed by atoms with Crippen LogP contribution in [0, 0.1) is 0 Å². The van der Waals surface area contributed by atoms with Crippen LogP contribution in [-0.4, -0.2) is 47.2 Å². The summed E-state index contributed by atoms with van der Waals surface area (Å²) in [6, 6.07) is 0.579. The van der Waals surface area contributed by atoms with E-state index in [1.807, 2.05) is 0 Å². The van der Waals surface area contributed by atoms with Gasteiger partial charge in [-0.15, -0.1) is 0 Å². The lowest BCUT2D eigenvalue weighted by molar-refractivity contribution is 0.199. The van der Waals surface area contributed by atoms with E-state index >= 15 is 0 Å². The van der Waals surface area contributed by atoms with Crippen molar-refractivity contribution in [3.05, 3.63) is 10.6 Å². The van der Waals surface area contributed by atoms with E-state index in [4.69, 9.17) is 4.98 Å². The number of piperazine rings is 1. The molecule has 2 heterocycles. The first-order valence-electron chi connectivity index (χ1n) is 7.28. The highest BCUT2D eigenvalue weighted by atomic mass is 32.1. The van der Waals surface area contributed by atoms with E-state index in [0.717, 1.165) is 54.7 Å². The van der Waals surface area contributed by atoms with Crippen molar-refractivity contribution >= 4 is 16.5 Å². The van der Waals surface area contributed by atoms with Crippen LogP contribution in [-0.2, 0) is 13.0 Å². The van der Waals surface area contributed by atoms with Gasteiger partial charge in [0.25, 0.3) is 0 Å². The van der Waals surface area contributed by atoms with E-state index in [0.29, 0.717) is 6.04 Å². The lowest BCUT2D eigenvalue weighted by Gasteiger charge is -2.39. The van der Waals surface area contributed by atoms with Gasteiger partial charge in [-0.3, -0.25) is 4.90 Å². The summed E-state index contributed by atoms with van der Waals surface area (Å²) in [5.41, 5.74) is 1.09.